The van der Waals surface area contributed by atoms with E-state index in [9.17, 15) is 0 Å². The Balaban J connectivity index is 2.17. The highest BCUT2D eigenvalue weighted by molar-refractivity contribution is 5.73. The monoisotopic (exact) mass is 228 g/mol. The zero-order chi connectivity index (χ0) is 12.3. The topological polar surface area (TPSA) is 52.0 Å². The molecule has 2 N–H and O–H groups in total. The first-order valence-electron chi connectivity index (χ1n) is 5.69. The number of nitrogen functional groups attached to an aromatic ring is 1. The minimum atomic E-state index is 0.603. The van der Waals surface area contributed by atoms with E-state index in [1.165, 1.54) is 5.56 Å². The predicted octanol–water partition coefficient (Wildman–Crippen LogP) is 3.30. The van der Waals surface area contributed by atoms with Gasteiger partial charge in [-0.05, 0) is 30.5 Å². The summed E-state index contributed by atoms with van der Waals surface area (Å²) in [4.78, 5) is 0. The van der Waals surface area contributed by atoms with Gasteiger partial charge in [0.05, 0.1) is 0 Å². The molecule has 0 amide bonds. The molecule has 3 heteroatoms. The number of hydrogen-bond acceptors (Lipinski definition) is 3. The van der Waals surface area contributed by atoms with Gasteiger partial charge in [0.2, 0.25) is 0 Å². The van der Waals surface area contributed by atoms with Crippen LogP contribution in [0.5, 0.6) is 0 Å². The first kappa shape index (κ1) is 11.5. The Kier molecular flexibility index (Phi) is 3.28. The van der Waals surface area contributed by atoms with Gasteiger partial charge in [-0.2, -0.15) is 0 Å². The van der Waals surface area contributed by atoms with Gasteiger partial charge in [-0.1, -0.05) is 42.4 Å². The van der Waals surface area contributed by atoms with Crippen LogP contribution in [0.25, 0.3) is 12.2 Å². The van der Waals surface area contributed by atoms with E-state index in [0.29, 0.717) is 17.1 Å². The molecule has 0 atom stereocenters. The van der Waals surface area contributed by atoms with Crippen LogP contribution in [-0.2, 0) is 6.42 Å². The smallest absolute Gasteiger partial charge is 0.157 e. The molecule has 2 aromatic rings. The molecule has 0 bridgehead atoms. The number of aryl methyl sites for hydroxylation is 2. The van der Waals surface area contributed by atoms with Gasteiger partial charge in [0.15, 0.2) is 5.76 Å². The van der Waals surface area contributed by atoms with Crippen LogP contribution in [0.3, 0.4) is 0 Å². The number of benzene rings is 1. The van der Waals surface area contributed by atoms with Crippen molar-refractivity contribution in [1.29, 1.82) is 0 Å². The largest absolute Gasteiger partial charge is 0.394 e. The highest BCUT2D eigenvalue weighted by atomic mass is 16.5. The summed E-state index contributed by atoms with van der Waals surface area (Å²) in [5.41, 5.74) is 9.55. The number of hydrogen-bond donors (Lipinski definition) is 1. The third-order valence-corrected chi connectivity index (χ3v) is 2.76. The second kappa shape index (κ2) is 4.87. The maximum absolute atomic E-state index is 5.80. The standard InChI is InChI=1S/C14H16N2O/c1-3-11-4-6-12(7-5-11)8-9-13-14(15)10(2)17-16-13/h4-9H,3,15H2,1-2H3. The molecule has 0 radical (unpaired) electrons. The second-order valence-corrected chi connectivity index (χ2v) is 3.97. The average molecular weight is 228 g/mol. The van der Waals surface area contributed by atoms with Crippen molar-refractivity contribution in [3.05, 3.63) is 46.8 Å². The molecule has 1 aromatic heterocycles. The van der Waals surface area contributed by atoms with E-state index in [2.05, 4.69) is 36.3 Å². The molecule has 1 heterocycles. The van der Waals surface area contributed by atoms with Gasteiger partial charge in [0, 0.05) is 0 Å². The van der Waals surface area contributed by atoms with Gasteiger partial charge in [0.1, 0.15) is 11.4 Å². The van der Waals surface area contributed by atoms with E-state index in [1.807, 2.05) is 12.2 Å². The van der Waals surface area contributed by atoms with Gasteiger partial charge in [0.25, 0.3) is 0 Å². The number of nitrogens with two attached hydrogens (primary N) is 1. The Morgan fingerprint density at radius 1 is 1.24 bits per heavy atom. The maximum Gasteiger partial charge on any atom is 0.157 e. The van der Waals surface area contributed by atoms with E-state index >= 15 is 0 Å². The molecule has 0 aliphatic carbocycles. The quantitative estimate of drug-likeness (QED) is 0.876. The highest BCUT2D eigenvalue weighted by Gasteiger charge is 2.04. The molecule has 0 spiro atoms. The van der Waals surface area contributed by atoms with Crippen LogP contribution in [0.4, 0.5) is 5.69 Å². The van der Waals surface area contributed by atoms with Crippen molar-refractivity contribution < 1.29 is 4.52 Å². The molecular formula is C14H16N2O. The fourth-order valence-electron chi connectivity index (χ4n) is 1.56. The lowest BCUT2D eigenvalue weighted by Crippen LogP contribution is -1.87. The lowest BCUT2D eigenvalue weighted by Gasteiger charge is -1.96. The molecule has 2 rings (SSSR count). The predicted molar refractivity (Wildman–Crippen MR) is 70.4 cm³/mol. The molecule has 3 nitrogen and oxygen atoms in total. The fraction of sp³-hybridized carbons (Fsp3) is 0.214. The van der Waals surface area contributed by atoms with E-state index < -0.39 is 0 Å². The summed E-state index contributed by atoms with van der Waals surface area (Å²) in [6, 6.07) is 8.41. The molecule has 0 fully saturated rings. The van der Waals surface area contributed by atoms with Gasteiger partial charge in [-0.3, -0.25) is 0 Å². The fourth-order valence-corrected chi connectivity index (χ4v) is 1.56. The molecule has 0 unspecified atom stereocenters. The van der Waals surface area contributed by atoms with Crippen molar-refractivity contribution in [3.63, 3.8) is 0 Å². The van der Waals surface area contributed by atoms with Crippen LogP contribution in [0.15, 0.2) is 28.8 Å². The summed E-state index contributed by atoms with van der Waals surface area (Å²) >= 11 is 0. The van der Waals surface area contributed by atoms with Crippen LogP contribution >= 0.6 is 0 Å². The maximum atomic E-state index is 5.80. The van der Waals surface area contributed by atoms with E-state index in [1.54, 1.807) is 6.92 Å². The van der Waals surface area contributed by atoms with Crippen LogP contribution in [-0.4, -0.2) is 5.16 Å². The van der Waals surface area contributed by atoms with Crippen LogP contribution < -0.4 is 5.73 Å². The summed E-state index contributed by atoms with van der Waals surface area (Å²) in [6.07, 6.45) is 4.90. The highest BCUT2D eigenvalue weighted by Crippen LogP contribution is 2.18. The number of rotatable bonds is 3. The van der Waals surface area contributed by atoms with Crippen molar-refractivity contribution in [2.45, 2.75) is 20.3 Å². The molecule has 0 saturated carbocycles. The summed E-state index contributed by atoms with van der Waals surface area (Å²) in [5, 5.41) is 3.88. The first-order chi connectivity index (χ1) is 8.20. The van der Waals surface area contributed by atoms with E-state index in [0.717, 1.165) is 12.0 Å². The summed E-state index contributed by atoms with van der Waals surface area (Å²) in [6.45, 7) is 3.94. The van der Waals surface area contributed by atoms with E-state index in [-0.39, 0.29) is 0 Å². The summed E-state index contributed by atoms with van der Waals surface area (Å²) in [5.74, 6) is 0.658. The Hall–Kier alpha value is -2.03. The van der Waals surface area contributed by atoms with Crippen LogP contribution in [0.2, 0.25) is 0 Å². The number of aromatic nitrogens is 1. The molecule has 0 saturated heterocycles. The molecule has 0 aliphatic rings. The summed E-state index contributed by atoms with van der Waals surface area (Å²) < 4.78 is 4.99. The molecule has 88 valence electrons. The first-order valence-corrected chi connectivity index (χ1v) is 5.69. The van der Waals surface area contributed by atoms with Gasteiger partial charge >= 0.3 is 0 Å². The Bertz CT molecular complexity index is 524. The SMILES string of the molecule is CCc1ccc(C=Cc2noc(C)c2N)cc1. The average Bonchev–Trinajstić information content (AvgIpc) is 2.68. The molecule has 0 aliphatic heterocycles. The van der Waals surface area contributed by atoms with Crippen molar-refractivity contribution in [2.24, 2.45) is 0 Å². The van der Waals surface area contributed by atoms with Crippen molar-refractivity contribution in [3.8, 4) is 0 Å². The van der Waals surface area contributed by atoms with Crippen molar-refractivity contribution in [1.82, 2.24) is 5.16 Å². The second-order valence-electron chi connectivity index (χ2n) is 3.97. The van der Waals surface area contributed by atoms with Crippen LogP contribution in [0, 0.1) is 6.92 Å². The third-order valence-electron chi connectivity index (χ3n) is 2.76. The number of anilines is 1. The number of nitrogens with zero attached hydrogens (tertiary/aromatic N) is 1. The van der Waals surface area contributed by atoms with Crippen molar-refractivity contribution >= 4 is 17.8 Å². The Morgan fingerprint density at radius 2 is 1.94 bits per heavy atom. The Labute approximate surface area is 101 Å². The molecule has 1 aromatic carbocycles. The van der Waals surface area contributed by atoms with Gasteiger partial charge < -0.3 is 10.3 Å². The van der Waals surface area contributed by atoms with E-state index in [4.69, 9.17) is 10.3 Å². The van der Waals surface area contributed by atoms with Crippen molar-refractivity contribution in [2.75, 3.05) is 5.73 Å². The third kappa shape index (κ3) is 2.56. The molecular weight excluding hydrogens is 212 g/mol. The normalized spacial score (nSPS) is 11.2. The zero-order valence-corrected chi connectivity index (χ0v) is 10.1. The lowest BCUT2D eigenvalue weighted by atomic mass is 10.1. The molecule has 17 heavy (non-hydrogen) atoms. The minimum Gasteiger partial charge on any atom is -0.394 e. The van der Waals surface area contributed by atoms with Gasteiger partial charge in [-0.25, -0.2) is 0 Å². The lowest BCUT2D eigenvalue weighted by molar-refractivity contribution is 0.397. The van der Waals surface area contributed by atoms with Gasteiger partial charge in [-0.15, -0.1) is 0 Å². The Morgan fingerprint density at radius 3 is 2.47 bits per heavy atom. The zero-order valence-electron chi connectivity index (χ0n) is 10.1. The summed E-state index contributed by atoms with van der Waals surface area (Å²) in [7, 11) is 0. The van der Waals surface area contributed by atoms with Crippen LogP contribution in [0.1, 0.15) is 29.5 Å². The minimum absolute atomic E-state index is 0.603.